The number of aliphatic carboxylic acids is 1. The molecule has 1 atom stereocenters. The number of aromatic amines is 1. The third-order valence-corrected chi connectivity index (χ3v) is 2.47. The number of H-pyrrole nitrogens is 1. The van der Waals surface area contributed by atoms with Crippen LogP contribution in [0.25, 0.3) is 0 Å². The van der Waals surface area contributed by atoms with Crippen molar-refractivity contribution in [2.75, 3.05) is 0 Å². The van der Waals surface area contributed by atoms with Crippen molar-refractivity contribution in [3.05, 3.63) is 33.7 Å². The number of hydrogen-bond acceptors (Lipinski definition) is 3. The van der Waals surface area contributed by atoms with Crippen LogP contribution in [0.1, 0.15) is 42.7 Å². The van der Waals surface area contributed by atoms with Crippen molar-refractivity contribution in [3.8, 4) is 0 Å². The number of rotatable bonds is 4. The Hall–Kier alpha value is -2.11. The first-order valence-electron chi connectivity index (χ1n) is 5.59. The molecule has 18 heavy (non-hydrogen) atoms. The molecule has 0 radical (unpaired) electrons. The summed E-state index contributed by atoms with van der Waals surface area (Å²) in [5.74, 6) is -1.63. The molecule has 0 aliphatic carbocycles. The summed E-state index contributed by atoms with van der Waals surface area (Å²) in [5.41, 5.74) is 0.417. The van der Waals surface area contributed by atoms with Gasteiger partial charge in [-0.3, -0.25) is 14.4 Å². The smallest absolute Gasteiger partial charge is 0.325 e. The van der Waals surface area contributed by atoms with Crippen LogP contribution in [0.4, 0.5) is 0 Å². The zero-order valence-corrected chi connectivity index (χ0v) is 10.5. The number of carbonyl (C=O) groups excluding carboxylic acids is 1. The number of amides is 1. The van der Waals surface area contributed by atoms with Crippen LogP contribution in [0.2, 0.25) is 0 Å². The van der Waals surface area contributed by atoms with Gasteiger partial charge in [0.05, 0.1) is 0 Å². The van der Waals surface area contributed by atoms with E-state index in [-0.39, 0.29) is 17.0 Å². The van der Waals surface area contributed by atoms with E-state index < -0.39 is 17.9 Å². The predicted octanol–water partition coefficient (Wildman–Crippen LogP) is 0.701. The minimum atomic E-state index is -1.13. The van der Waals surface area contributed by atoms with Crippen LogP contribution >= 0.6 is 0 Å². The maximum Gasteiger partial charge on any atom is 0.325 e. The summed E-state index contributed by atoms with van der Waals surface area (Å²) in [5, 5.41) is 11.0. The van der Waals surface area contributed by atoms with E-state index in [1.807, 2.05) is 13.8 Å². The summed E-state index contributed by atoms with van der Waals surface area (Å²) in [7, 11) is 0. The van der Waals surface area contributed by atoms with Crippen LogP contribution in [0.3, 0.4) is 0 Å². The standard InChI is InChI=1S/C12H16N2O4/c1-6(2)9-4-8(5-10(15)14-9)11(16)13-7(3)12(17)18/h4-7H,1-3H3,(H,13,16)(H,14,15)(H,17,18)/t7-/m1/s1. The number of carbonyl (C=O) groups is 2. The van der Waals surface area contributed by atoms with Gasteiger partial charge in [-0.15, -0.1) is 0 Å². The highest BCUT2D eigenvalue weighted by Gasteiger charge is 2.16. The molecule has 0 fully saturated rings. The predicted molar refractivity (Wildman–Crippen MR) is 65.7 cm³/mol. The summed E-state index contributed by atoms with van der Waals surface area (Å²) in [6, 6.07) is 1.70. The van der Waals surface area contributed by atoms with Gasteiger partial charge in [-0.05, 0) is 18.9 Å². The van der Waals surface area contributed by atoms with Crippen molar-refractivity contribution in [2.24, 2.45) is 0 Å². The van der Waals surface area contributed by atoms with Crippen LogP contribution in [-0.4, -0.2) is 28.0 Å². The van der Waals surface area contributed by atoms with Crippen molar-refractivity contribution < 1.29 is 14.7 Å². The van der Waals surface area contributed by atoms with Gasteiger partial charge in [0, 0.05) is 17.3 Å². The number of aromatic nitrogens is 1. The van der Waals surface area contributed by atoms with E-state index in [0.29, 0.717) is 5.69 Å². The summed E-state index contributed by atoms with van der Waals surface area (Å²) in [6.07, 6.45) is 0. The van der Waals surface area contributed by atoms with Gasteiger partial charge >= 0.3 is 5.97 Å². The maximum absolute atomic E-state index is 11.8. The topological polar surface area (TPSA) is 99.3 Å². The minimum absolute atomic E-state index is 0.0716. The molecule has 1 heterocycles. The summed E-state index contributed by atoms with van der Waals surface area (Å²) in [4.78, 5) is 36.4. The highest BCUT2D eigenvalue weighted by atomic mass is 16.4. The van der Waals surface area contributed by atoms with E-state index in [0.717, 1.165) is 6.07 Å². The van der Waals surface area contributed by atoms with Crippen LogP contribution < -0.4 is 10.9 Å². The van der Waals surface area contributed by atoms with Crippen molar-refractivity contribution in [1.82, 2.24) is 10.3 Å². The lowest BCUT2D eigenvalue weighted by molar-refractivity contribution is -0.138. The molecule has 1 aromatic heterocycles. The van der Waals surface area contributed by atoms with Crippen LogP contribution in [0, 0.1) is 0 Å². The van der Waals surface area contributed by atoms with Crippen molar-refractivity contribution in [2.45, 2.75) is 32.7 Å². The van der Waals surface area contributed by atoms with E-state index in [4.69, 9.17) is 5.11 Å². The van der Waals surface area contributed by atoms with Crippen molar-refractivity contribution in [1.29, 1.82) is 0 Å². The lowest BCUT2D eigenvalue weighted by Gasteiger charge is -2.11. The Morgan fingerprint density at radius 1 is 1.28 bits per heavy atom. The lowest BCUT2D eigenvalue weighted by atomic mass is 10.1. The van der Waals surface area contributed by atoms with Gasteiger partial charge in [0.15, 0.2) is 0 Å². The van der Waals surface area contributed by atoms with Crippen LogP contribution in [-0.2, 0) is 4.79 Å². The number of pyridine rings is 1. The fourth-order valence-electron chi connectivity index (χ4n) is 1.35. The normalized spacial score (nSPS) is 12.2. The number of nitrogens with one attached hydrogen (secondary N) is 2. The average molecular weight is 252 g/mol. The van der Waals surface area contributed by atoms with Gasteiger partial charge in [0.2, 0.25) is 5.56 Å². The lowest BCUT2D eigenvalue weighted by Crippen LogP contribution is -2.38. The largest absolute Gasteiger partial charge is 0.480 e. The molecule has 0 aromatic carbocycles. The minimum Gasteiger partial charge on any atom is -0.480 e. The van der Waals surface area contributed by atoms with E-state index in [2.05, 4.69) is 10.3 Å². The summed E-state index contributed by atoms with van der Waals surface area (Å²) in [6.45, 7) is 5.12. The first kappa shape index (κ1) is 14.0. The van der Waals surface area contributed by atoms with Gasteiger partial charge in [-0.1, -0.05) is 13.8 Å². The molecule has 1 rings (SSSR count). The first-order chi connectivity index (χ1) is 8.31. The van der Waals surface area contributed by atoms with E-state index in [9.17, 15) is 14.4 Å². The second-order valence-corrected chi connectivity index (χ2v) is 4.38. The molecule has 1 amide bonds. The Kier molecular flexibility index (Phi) is 4.25. The zero-order chi connectivity index (χ0) is 13.9. The first-order valence-corrected chi connectivity index (χ1v) is 5.59. The van der Waals surface area contributed by atoms with Crippen LogP contribution in [0.5, 0.6) is 0 Å². The Balaban J connectivity index is 2.99. The molecule has 98 valence electrons. The van der Waals surface area contributed by atoms with Gasteiger partial charge in [0.1, 0.15) is 6.04 Å². The second kappa shape index (κ2) is 5.48. The molecule has 0 saturated heterocycles. The summed E-state index contributed by atoms with van der Waals surface area (Å²) < 4.78 is 0. The third-order valence-electron chi connectivity index (χ3n) is 2.47. The quantitative estimate of drug-likeness (QED) is 0.734. The molecule has 1 aromatic rings. The maximum atomic E-state index is 11.8. The molecule has 0 unspecified atom stereocenters. The Bertz CT molecular complexity index is 519. The van der Waals surface area contributed by atoms with Crippen molar-refractivity contribution in [3.63, 3.8) is 0 Å². The molecule has 0 aliphatic rings. The number of carboxylic acid groups (broad SMARTS) is 1. The van der Waals surface area contributed by atoms with Gasteiger partial charge in [-0.2, -0.15) is 0 Å². The number of carboxylic acids is 1. The number of hydrogen-bond donors (Lipinski definition) is 3. The molecule has 0 spiro atoms. The Morgan fingerprint density at radius 2 is 1.89 bits per heavy atom. The van der Waals surface area contributed by atoms with Gasteiger partial charge in [-0.25, -0.2) is 0 Å². The highest BCUT2D eigenvalue weighted by molar-refractivity contribution is 5.96. The molecule has 0 saturated carbocycles. The monoisotopic (exact) mass is 252 g/mol. The molecule has 3 N–H and O–H groups in total. The third kappa shape index (κ3) is 3.44. The van der Waals surface area contributed by atoms with E-state index >= 15 is 0 Å². The molecular formula is C12H16N2O4. The second-order valence-electron chi connectivity index (χ2n) is 4.38. The Morgan fingerprint density at radius 3 is 2.39 bits per heavy atom. The fourth-order valence-corrected chi connectivity index (χ4v) is 1.35. The Labute approximate surface area is 104 Å². The molecule has 0 bridgehead atoms. The van der Waals surface area contributed by atoms with Gasteiger partial charge in [0.25, 0.3) is 5.91 Å². The fraction of sp³-hybridized carbons (Fsp3) is 0.417. The SMILES string of the molecule is CC(C)c1cc(C(=O)N[C@H](C)C(=O)O)cc(=O)[nH]1. The highest BCUT2D eigenvalue weighted by Crippen LogP contribution is 2.10. The summed E-state index contributed by atoms with van der Waals surface area (Å²) >= 11 is 0. The molecular weight excluding hydrogens is 236 g/mol. The van der Waals surface area contributed by atoms with Crippen molar-refractivity contribution >= 4 is 11.9 Å². The van der Waals surface area contributed by atoms with E-state index in [1.54, 1.807) is 6.07 Å². The van der Waals surface area contributed by atoms with Gasteiger partial charge < -0.3 is 15.4 Å². The average Bonchev–Trinajstić information content (AvgIpc) is 2.27. The molecule has 0 aliphatic heterocycles. The van der Waals surface area contributed by atoms with Crippen LogP contribution in [0.15, 0.2) is 16.9 Å². The molecule has 6 heteroatoms. The molecule has 6 nitrogen and oxygen atoms in total. The van der Waals surface area contributed by atoms with E-state index in [1.165, 1.54) is 6.92 Å². The zero-order valence-electron chi connectivity index (χ0n) is 10.5.